The van der Waals surface area contributed by atoms with Gasteiger partial charge in [-0.25, -0.2) is 0 Å². The summed E-state index contributed by atoms with van der Waals surface area (Å²) in [7, 11) is 1.56. The quantitative estimate of drug-likeness (QED) is 0.592. The number of hydrogen-bond acceptors (Lipinski definition) is 3. The second-order valence-corrected chi connectivity index (χ2v) is 2.21. The van der Waals surface area contributed by atoms with Gasteiger partial charge >= 0.3 is 0 Å². The lowest BCUT2D eigenvalue weighted by Crippen LogP contribution is -1.80. The van der Waals surface area contributed by atoms with E-state index in [4.69, 9.17) is 10.00 Å². The Bertz CT molecular complexity index is 235. The van der Waals surface area contributed by atoms with Gasteiger partial charge in [-0.2, -0.15) is 5.26 Å². The molecule has 0 spiro atoms. The van der Waals surface area contributed by atoms with Crippen molar-refractivity contribution in [3.05, 3.63) is 16.3 Å². The molecule has 0 saturated carbocycles. The van der Waals surface area contributed by atoms with Crippen molar-refractivity contribution in [2.24, 2.45) is 0 Å². The first kappa shape index (κ1) is 6.12. The Labute approximate surface area is 57.3 Å². The van der Waals surface area contributed by atoms with Crippen LogP contribution in [0.25, 0.3) is 0 Å². The molecule has 0 bridgehead atoms. The Morgan fingerprint density at radius 3 is 2.89 bits per heavy atom. The Morgan fingerprint density at radius 2 is 2.44 bits per heavy atom. The monoisotopic (exact) mass is 139 g/mol. The zero-order valence-corrected chi connectivity index (χ0v) is 5.73. The summed E-state index contributed by atoms with van der Waals surface area (Å²) < 4.78 is 4.86. The molecule has 0 N–H and O–H groups in total. The fourth-order valence-electron chi connectivity index (χ4n) is 0.525. The maximum Gasteiger partial charge on any atom is 0.147 e. The molecule has 1 aromatic rings. The molecule has 0 unspecified atom stereocenters. The molecule has 3 heteroatoms. The first-order valence-corrected chi connectivity index (χ1v) is 3.33. The van der Waals surface area contributed by atoms with Crippen LogP contribution >= 0.6 is 11.3 Å². The van der Waals surface area contributed by atoms with E-state index in [9.17, 15) is 0 Å². The van der Waals surface area contributed by atoms with Gasteiger partial charge in [-0.1, -0.05) is 0 Å². The van der Waals surface area contributed by atoms with E-state index in [0.717, 1.165) is 0 Å². The molecule has 1 aromatic heterocycles. The molecule has 0 atom stereocenters. The molecular formula is C6H5NOS. The zero-order chi connectivity index (χ0) is 6.69. The predicted octanol–water partition coefficient (Wildman–Crippen LogP) is 1.63. The summed E-state index contributed by atoms with van der Waals surface area (Å²) in [6.45, 7) is 0. The largest absolute Gasteiger partial charge is 0.494 e. The molecule has 0 aromatic carbocycles. The number of nitriles is 1. The third-order valence-electron chi connectivity index (χ3n) is 0.967. The number of hydrogen-bond donors (Lipinski definition) is 0. The van der Waals surface area contributed by atoms with Gasteiger partial charge < -0.3 is 4.74 Å². The highest BCUT2D eigenvalue weighted by Gasteiger charge is 1.99. The smallest absolute Gasteiger partial charge is 0.147 e. The van der Waals surface area contributed by atoms with Crippen molar-refractivity contribution < 1.29 is 4.74 Å². The fraction of sp³-hybridized carbons (Fsp3) is 0.167. The molecule has 1 heterocycles. The van der Waals surface area contributed by atoms with Gasteiger partial charge in [0.25, 0.3) is 0 Å². The number of ether oxygens (including phenoxy) is 1. The van der Waals surface area contributed by atoms with E-state index >= 15 is 0 Å². The van der Waals surface area contributed by atoms with Crippen LogP contribution in [0, 0.1) is 11.3 Å². The van der Waals surface area contributed by atoms with Crippen molar-refractivity contribution in [3.8, 4) is 11.8 Å². The van der Waals surface area contributed by atoms with Crippen LogP contribution in [0.5, 0.6) is 5.75 Å². The molecule has 0 aliphatic carbocycles. The lowest BCUT2D eigenvalue weighted by atomic mass is 10.3. The third kappa shape index (κ3) is 1.03. The molecule has 0 amide bonds. The molecule has 2 nitrogen and oxygen atoms in total. The normalized spacial score (nSPS) is 8.44. The van der Waals surface area contributed by atoms with Crippen molar-refractivity contribution in [3.63, 3.8) is 0 Å². The van der Waals surface area contributed by atoms with Crippen LogP contribution in [0.3, 0.4) is 0 Å². The van der Waals surface area contributed by atoms with Gasteiger partial charge in [-0.3, -0.25) is 0 Å². The van der Waals surface area contributed by atoms with Crippen LogP contribution in [0.2, 0.25) is 0 Å². The molecule has 0 aliphatic rings. The number of methoxy groups -OCH3 is 1. The summed E-state index contributed by atoms with van der Waals surface area (Å²) in [5.74, 6) is 0.669. The second kappa shape index (κ2) is 2.51. The molecule has 46 valence electrons. The van der Waals surface area contributed by atoms with E-state index in [1.165, 1.54) is 11.3 Å². The second-order valence-electron chi connectivity index (χ2n) is 1.47. The van der Waals surface area contributed by atoms with E-state index in [0.29, 0.717) is 11.3 Å². The molecule has 0 radical (unpaired) electrons. The van der Waals surface area contributed by atoms with Gasteiger partial charge in [0.15, 0.2) is 0 Å². The van der Waals surface area contributed by atoms with E-state index in [-0.39, 0.29) is 0 Å². The Balaban J connectivity index is 3.02. The van der Waals surface area contributed by atoms with Gasteiger partial charge in [-0.05, 0) is 0 Å². The minimum absolute atomic E-state index is 0.613. The van der Waals surface area contributed by atoms with Gasteiger partial charge in [-0.15, -0.1) is 11.3 Å². The van der Waals surface area contributed by atoms with Gasteiger partial charge in [0, 0.05) is 10.8 Å². The molecule has 0 fully saturated rings. The van der Waals surface area contributed by atoms with Crippen LogP contribution in [-0.2, 0) is 0 Å². The Morgan fingerprint density at radius 1 is 1.67 bits per heavy atom. The van der Waals surface area contributed by atoms with Crippen molar-refractivity contribution in [2.45, 2.75) is 0 Å². The zero-order valence-electron chi connectivity index (χ0n) is 4.92. The molecule has 9 heavy (non-hydrogen) atoms. The van der Waals surface area contributed by atoms with Gasteiger partial charge in [0.05, 0.1) is 7.11 Å². The number of rotatable bonds is 1. The van der Waals surface area contributed by atoms with Crippen LogP contribution in [0.1, 0.15) is 5.56 Å². The maximum absolute atomic E-state index is 8.42. The van der Waals surface area contributed by atoms with Gasteiger partial charge in [0.1, 0.15) is 17.4 Å². The highest BCUT2D eigenvalue weighted by molar-refractivity contribution is 7.08. The molecule has 0 aliphatic heterocycles. The number of thiophene rings is 1. The molecular weight excluding hydrogens is 134 g/mol. The molecule has 0 saturated heterocycles. The predicted molar refractivity (Wildman–Crippen MR) is 35.6 cm³/mol. The summed E-state index contributed by atoms with van der Waals surface area (Å²) in [6, 6.07) is 2.01. The Hall–Kier alpha value is -1.01. The summed E-state index contributed by atoms with van der Waals surface area (Å²) in [5.41, 5.74) is 0.613. The first-order chi connectivity index (χ1) is 4.38. The van der Waals surface area contributed by atoms with E-state index in [2.05, 4.69) is 0 Å². The third-order valence-corrected chi connectivity index (χ3v) is 1.69. The summed E-state index contributed by atoms with van der Waals surface area (Å²) in [4.78, 5) is 0. The Kier molecular flexibility index (Phi) is 1.71. The maximum atomic E-state index is 8.42. The standard InChI is InChI=1S/C6H5NOS/c1-8-6-4-9-3-5(6)2-7/h3-4H,1H3. The highest BCUT2D eigenvalue weighted by Crippen LogP contribution is 2.21. The van der Waals surface area contributed by atoms with Gasteiger partial charge in [0.2, 0.25) is 0 Å². The lowest BCUT2D eigenvalue weighted by molar-refractivity contribution is 0.415. The van der Waals surface area contributed by atoms with Crippen molar-refractivity contribution in [1.82, 2.24) is 0 Å². The highest BCUT2D eigenvalue weighted by atomic mass is 32.1. The minimum Gasteiger partial charge on any atom is -0.494 e. The van der Waals surface area contributed by atoms with Crippen molar-refractivity contribution >= 4 is 11.3 Å². The lowest BCUT2D eigenvalue weighted by Gasteiger charge is -1.91. The average Bonchev–Trinajstić information content (AvgIpc) is 2.33. The van der Waals surface area contributed by atoms with Crippen LogP contribution in [0.4, 0.5) is 0 Å². The SMILES string of the molecule is COc1cscc1C#N. The van der Waals surface area contributed by atoms with E-state index in [1.807, 2.05) is 6.07 Å². The topological polar surface area (TPSA) is 33.0 Å². The van der Waals surface area contributed by atoms with E-state index < -0.39 is 0 Å². The van der Waals surface area contributed by atoms with E-state index in [1.54, 1.807) is 17.9 Å². The van der Waals surface area contributed by atoms with Crippen molar-refractivity contribution in [2.75, 3.05) is 7.11 Å². The van der Waals surface area contributed by atoms with Crippen molar-refractivity contribution in [1.29, 1.82) is 5.26 Å². The summed E-state index contributed by atoms with van der Waals surface area (Å²) in [6.07, 6.45) is 0. The first-order valence-electron chi connectivity index (χ1n) is 2.38. The van der Waals surface area contributed by atoms with Crippen LogP contribution in [0.15, 0.2) is 10.8 Å². The minimum atomic E-state index is 0.613. The number of nitrogens with zero attached hydrogens (tertiary/aromatic N) is 1. The fourth-order valence-corrected chi connectivity index (χ4v) is 1.24. The average molecular weight is 139 g/mol. The summed E-state index contributed by atoms with van der Waals surface area (Å²) in [5, 5.41) is 12.0. The summed E-state index contributed by atoms with van der Waals surface area (Å²) >= 11 is 1.47. The van der Waals surface area contributed by atoms with Crippen LogP contribution < -0.4 is 4.74 Å². The van der Waals surface area contributed by atoms with Crippen LogP contribution in [-0.4, -0.2) is 7.11 Å². The molecule has 1 rings (SSSR count).